The minimum absolute atomic E-state index is 0.835. The molecule has 0 saturated heterocycles. The van der Waals surface area contributed by atoms with Gasteiger partial charge in [-0.2, -0.15) is 0 Å². The molecule has 1 aromatic rings. The normalized spacial score (nSPS) is 11.4. The first-order valence-electron chi connectivity index (χ1n) is 10.7. The Morgan fingerprint density at radius 2 is 1.08 bits per heavy atom. The van der Waals surface area contributed by atoms with E-state index in [1.807, 2.05) is 12.1 Å². The maximum atomic E-state index is 6.02. The van der Waals surface area contributed by atoms with Crippen LogP contribution in [-0.2, 0) is 6.54 Å². The number of benzene rings is 1. The van der Waals surface area contributed by atoms with Gasteiger partial charge in [0.25, 0.3) is 0 Å². The first kappa shape index (κ1) is 22.5. The van der Waals surface area contributed by atoms with E-state index in [1.54, 1.807) is 0 Å². The van der Waals surface area contributed by atoms with Crippen LogP contribution in [0.2, 0.25) is 5.02 Å². The molecule has 0 amide bonds. The zero-order chi connectivity index (χ0) is 18.2. The summed E-state index contributed by atoms with van der Waals surface area (Å²) in [6.45, 7) is 8.12. The molecule has 1 aromatic carbocycles. The molecule has 0 aliphatic heterocycles. The van der Waals surface area contributed by atoms with E-state index in [-0.39, 0.29) is 0 Å². The van der Waals surface area contributed by atoms with E-state index in [2.05, 4.69) is 30.9 Å². The standard InChI is InChI=1S/C23H40ClN/c1-3-5-7-9-11-13-19-25(20-14-12-10-8-6-4-2)21-22-15-17-23(24)18-16-22/h15-18H,3-14,19-21H2,1-2H3. The van der Waals surface area contributed by atoms with Gasteiger partial charge in [-0.3, -0.25) is 4.90 Å². The summed E-state index contributed by atoms with van der Waals surface area (Å²) in [5.41, 5.74) is 1.39. The van der Waals surface area contributed by atoms with Crippen LogP contribution in [0.4, 0.5) is 0 Å². The van der Waals surface area contributed by atoms with Crippen LogP contribution in [0.5, 0.6) is 0 Å². The van der Waals surface area contributed by atoms with E-state index in [0.717, 1.165) is 11.6 Å². The molecule has 1 rings (SSSR count). The maximum absolute atomic E-state index is 6.02. The van der Waals surface area contributed by atoms with Gasteiger partial charge in [-0.15, -0.1) is 0 Å². The fourth-order valence-electron chi connectivity index (χ4n) is 3.35. The lowest BCUT2D eigenvalue weighted by Gasteiger charge is -2.22. The molecule has 0 spiro atoms. The van der Waals surface area contributed by atoms with Crippen molar-refractivity contribution in [2.45, 2.75) is 97.4 Å². The SMILES string of the molecule is CCCCCCCCN(CCCCCCCC)Cc1ccc(Cl)cc1. The number of halogens is 1. The molecule has 0 N–H and O–H groups in total. The van der Waals surface area contributed by atoms with Crippen LogP contribution in [0.1, 0.15) is 96.5 Å². The summed E-state index contributed by atoms with van der Waals surface area (Å²) in [6, 6.07) is 8.39. The summed E-state index contributed by atoms with van der Waals surface area (Å²) in [4.78, 5) is 2.66. The van der Waals surface area contributed by atoms with E-state index < -0.39 is 0 Å². The van der Waals surface area contributed by atoms with Crippen molar-refractivity contribution in [1.29, 1.82) is 0 Å². The molecule has 0 radical (unpaired) electrons. The molecule has 0 bridgehead atoms. The van der Waals surface area contributed by atoms with Gasteiger partial charge in [0.1, 0.15) is 0 Å². The van der Waals surface area contributed by atoms with Crippen molar-refractivity contribution in [1.82, 2.24) is 4.90 Å². The van der Waals surface area contributed by atoms with Gasteiger partial charge in [0.05, 0.1) is 0 Å². The lowest BCUT2D eigenvalue weighted by atomic mass is 10.1. The smallest absolute Gasteiger partial charge is 0.0406 e. The highest BCUT2D eigenvalue weighted by Crippen LogP contribution is 2.14. The highest BCUT2D eigenvalue weighted by molar-refractivity contribution is 6.30. The molecule has 2 heteroatoms. The molecular weight excluding hydrogens is 326 g/mol. The third kappa shape index (κ3) is 12.5. The minimum atomic E-state index is 0.835. The second kappa shape index (κ2) is 15.7. The van der Waals surface area contributed by atoms with E-state index in [4.69, 9.17) is 11.6 Å². The molecule has 0 aliphatic rings. The highest BCUT2D eigenvalue weighted by atomic mass is 35.5. The molecule has 0 atom stereocenters. The number of unbranched alkanes of at least 4 members (excludes halogenated alkanes) is 10. The third-order valence-corrected chi connectivity index (χ3v) is 5.23. The van der Waals surface area contributed by atoms with Crippen molar-refractivity contribution < 1.29 is 0 Å². The zero-order valence-electron chi connectivity index (χ0n) is 16.7. The lowest BCUT2D eigenvalue weighted by Crippen LogP contribution is -2.25. The predicted octanol–water partition coefficient (Wildman–Crippen LogP) is 7.86. The van der Waals surface area contributed by atoms with Crippen LogP contribution in [0.25, 0.3) is 0 Å². The topological polar surface area (TPSA) is 3.24 Å². The van der Waals surface area contributed by atoms with Crippen LogP contribution in [0.15, 0.2) is 24.3 Å². The predicted molar refractivity (Wildman–Crippen MR) is 113 cm³/mol. The van der Waals surface area contributed by atoms with Crippen LogP contribution < -0.4 is 0 Å². The lowest BCUT2D eigenvalue weighted by molar-refractivity contribution is 0.252. The van der Waals surface area contributed by atoms with Crippen molar-refractivity contribution in [2.24, 2.45) is 0 Å². The van der Waals surface area contributed by atoms with Gasteiger partial charge in [0, 0.05) is 11.6 Å². The fraction of sp³-hybridized carbons (Fsp3) is 0.739. The van der Waals surface area contributed by atoms with Gasteiger partial charge in [-0.25, -0.2) is 0 Å². The molecule has 0 fully saturated rings. The molecular formula is C23H40ClN. The van der Waals surface area contributed by atoms with E-state index in [0.29, 0.717) is 0 Å². The Hall–Kier alpha value is -0.530. The van der Waals surface area contributed by atoms with Crippen molar-refractivity contribution in [3.8, 4) is 0 Å². The summed E-state index contributed by atoms with van der Waals surface area (Å²) >= 11 is 6.02. The van der Waals surface area contributed by atoms with Gasteiger partial charge >= 0.3 is 0 Å². The van der Waals surface area contributed by atoms with E-state index in [9.17, 15) is 0 Å². The van der Waals surface area contributed by atoms with E-state index in [1.165, 1.54) is 95.7 Å². The third-order valence-electron chi connectivity index (χ3n) is 4.98. The Kier molecular flexibility index (Phi) is 14.1. The molecule has 25 heavy (non-hydrogen) atoms. The quantitative estimate of drug-likeness (QED) is 0.269. The van der Waals surface area contributed by atoms with Crippen LogP contribution in [-0.4, -0.2) is 18.0 Å². The molecule has 0 aliphatic carbocycles. The minimum Gasteiger partial charge on any atom is -0.299 e. The summed E-state index contributed by atoms with van der Waals surface area (Å²) in [7, 11) is 0. The van der Waals surface area contributed by atoms with Gasteiger partial charge in [-0.05, 0) is 43.6 Å². The van der Waals surface area contributed by atoms with Gasteiger partial charge in [0.15, 0.2) is 0 Å². The summed E-state index contributed by atoms with van der Waals surface area (Å²) in [6.07, 6.45) is 16.5. The number of hydrogen-bond acceptors (Lipinski definition) is 1. The van der Waals surface area contributed by atoms with Crippen molar-refractivity contribution >= 4 is 11.6 Å². The average Bonchev–Trinajstić information content (AvgIpc) is 2.62. The maximum Gasteiger partial charge on any atom is 0.0406 e. The first-order valence-corrected chi connectivity index (χ1v) is 11.1. The van der Waals surface area contributed by atoms with Crippen molar-refractivity contribution in [2.75, 3.05) is 13.1 Å². The fourth-order valence-corrected chi connectivity index (χ4v) is 3.48. The Bertz CT molecular complexity index is 385. The first-order chi connectivity index (χ1) is 12.3. The molecule has 0 unspecified atom stereocenters. The van der Waals surface area contributed by atoms with Gasteiger partial charge in [-0.1, -0.05) is 102 Å². The number of nitrogens with zero attached hydrogens (tertiary/aromatic N) is 1. The second-order valence-corrected chi connectivity index (χ2v) is 7.87. The Balaban J connectivity index is 2.31. The van der Waals surface area contributed by atoms with Crippen LogP contribution in [0, 0.1) is 0 Å². The number of rotatable bonds is 16. The Labute approximate surface area is 162 Å². The molecule has 0 heterocycles. The molecule has 0 aromatic heterocycles. The summed E-state index contributed by atoms with van der Waals surface area (Å²) in [5, 5.41) is 0.835. The summed E-state index contributed by atoms with van der Waals surface area (Å²) in [5.74, 6) is 0. The van der Waals surface area contributed by atoms with E-state index >= 15 is 0 Å². The Morgan fingerprint density at radius 3 is 1.56 bits per heavy atom. The monoisotopic (exact) mass is 365 g/mol. The molecule has 0 saturated carbocycles. The van der Waals surface area contributed by atoms with Crippen molar-refractivity contribution in [3.05, 3.63) is 34.9 Å². The van der Waals surface area contributed by atoms with Crippen LogP contribution >= 0.6 is 11.6 Å². The van der Waals surface area contributed by atoms with Gasteiger partial charge < -0.3 is 0 Å². The second-order valence-electron chi connectivity index (χ2n) is 7.44. The Morgan fingerprint density at radius 1 is 0.640 bits per heavy atom. The molecule has 1 nitrogen and oxygen atoms in total. The average molecular weight is 366 g/mol. The summed E-state index contributed by atoms with van der Waals surface area (Å²) < 4.78 is 0. The highest BCUT2D eigenvalue weighted by Gasteiger charge is 2.06. The van der Waals surface area contributed by atoms with Gasteiger partial charge in [0.2, 0.25) is 0 Å². The zero-order valence-corrected chi connectivity index (χ0v) is 17.5. The largest absolute Gasteiger partial charge is 0.299 e. The number of hydrogen-bond donors (Lipinski definition) is 0. The van der Waals surface area contributed by atoms with Crippen molar-refractivity contribution in [3.63, 3.8) is 0 Å². The molecule has 144 valence electrons. The van der Waals surface area contributed by atoms with Crippen LogP contribution in [0.3, 0.4) is 0 Å².